The number of benzene rings is 1. The Bertz CT molecular complexity index is 445. The summed E-state index contributed by atoms with van der Waals surface area (Å²) in [6.45, 7) is 7.55. The first kappa shape index (κ1) is 15.6. The van der Waals surface area contributed by atoms with Crippen LogP contribution < -0.4 is 4.72 Å². The molecule has 0 aliphatic carbocycles. The average Bonchev–Trinajstić information content (AvgIpc) is 2.25. The minimum atomic E-state index is -1.23. The molecule has 0 heterocycles. The zero-order valence-corrected chi connectivity index (χ0v) is 12.7. The van der Waals surface area contributed by atoms with Gasteiger partial charge in [-0.25, -0.2) is 13.3 Å². The monoisotopic (exact) mass is 291 g/mol. The molecule has 0 amide bonds. The molecule has 0 fully saturated rings. The van der Waals surface area contributed by atoms with Crippen LogP contribution in [-0.2, 0) is 11.0 Å². The summed E-state index contributed by atoms with van der Waals surface area (Å²) in [5.41, 5.74) is 0.500. The summed E-state index contributed by atoms with van der Waals surface area (Å²) in [7, 11) is -1.23. The van der Waals surface area contributed by atoms with Crippen molar-refractivity contribution >= 4 is 22.6 Å². The fourth-order valence-electron chi connectivity index (χ4n) is 1.46. The van der Waals surface area contributed by atoms with E-state index in [2.05, 4.69) is 4.72 Å². The maximum absolute atomic E-state index is 13.8. The van der Waals surface area contributed by atoms with Crippen LogP contribution in [-0.4, -0.2) is 8.96 Å². The highest BCUT2D eigenvalue weighted by Gasteiger charge is 2.24. The first-order valence-corrected chi connectivity index (χ1v) is 7.41. The van der Waals surface area contributed by atoms with Crippen LogP contribution in [0.2, 0.25) is 5.02 Å². The minimum Gasteiger partial charge on any atom is -0.242 e. The smallest absolute Gasteiger partial charge is 0.129 e. The first-order chi connectivity index (χ1) is 8.25. The third-order valence-electron chi connectivity index (χ3n) is 2.55. The molecular formula is C13H19ClFNOS. The quantitative estimate of drug-likeness (QED) is 0.893. The summed E-state index contributed by atoms with van der Waals surface area (Å²) >= 11 is 5.72. The second-order valence-electron chi connectivity index (χ2n) is 5.13. The Labute approximate surface area is 116 Å². The standard InChI is InChI=1S/C13H19ClFNOS/c1-5-12(16-18(17)13(2,3)4)10-7-6-9(14)8-11(10)15/h6-8,12,16H,5H2,1-4H3. The van der Waals surface area contributed by atoms with Crippen LogP contribution in [0.5, 0.6) is 0 Å². The summed E-state index contributed by atoms with van der Waals surface area (Å²) < 4.78 is 28.4. The molecule has 0 bridgehead atoms. The van der Waals surface area contributed by atoms with Gasteiger partial charge >= 0.3 is 0 Å². The molecule has 0 aliphatic rings. The number of hydrogen-bond donors (Lipinski definition) is 1. The van der Waals surface area contributed by atoms with E-state index in [4.69, 9.17) is 11.6 Å². The van der Waals surface area contributed by atoms with Crippen molar-refractivity contribution in [3.05, 3.63) is 34.6 Å². The van der Waals surface area contributed by atoms with Crippen molar-refractivity contribution in [1.29, 1.82) is 0 Å². The van der Waals surface area contributed by atoms with Crippen LogP contribution in [0, 0.1) is 5.82 Å². The van der Waals surface area contributed by atoms with Crippen molar-refractivity contribution in [2.45, 2.75) is 44.9 Å². The van der Waals surface area contributed by atoms with E-state index in [9.17, 15) is 8.60 Å². The molecule has 1 aromatic rings. The predicted molar refractivity (Wildman–Crippen MR) is 75.5 cm³/mol. The Kier molecular flexibility index (Phi) is 5.32. The predicted octanol–water partition coefficient (Wildman–Crippen LogP) is 3.98. The first-order valence-electron chi connectivity index (χ1n) is 5.88. The molecule has 0 radical (unpaired) electrons. The molecule has 0 saturated heterocycles. The van der Waals surface area contributed by atoms with E-state index in [0.29, 0.717) is 17.0 Å². The lowest BCUT2D eigenvalue weighted by Gasteiger charge is -2.24. The Morgan fingerprint density at radius 3 is 2.50 bits per heavy atom. The summed E-state index contributed by atoms with van der Waals surface area (Å²) in [6, 6.07) is 4.28. The normalized spacial score (nSPS) is 15.4. The molecule has 0 saturated carbocycles. The van der Waals surface area contributed by atoms with Crippen molar-refractivity contribution in [2.24, 2.45) is 0 Å². The van der Waals surface area contributed by atoms with E-state index in [1.807, 2.05) is 27.7 Å². The van der Waals surface area contributed by atoms with Gasteiger partial charge in [-0.3, -0.25) is 0 Å². The van der Waals surface area contributed by atoms with E-state index in [1.54, 1.807) is 12.1 Å². The molecule has 102 valence electrons. The average molecular weight is 292 g/mol. The van der Waals surface area contributed by atoms with E-state index >= 15 is 0 Å². The van der Waals surface area contributed by atoms with Gasteiger partial charge in [-0.2, -0.15) is 0 Å². The highest BCUT2D eigenvalue weighted by molar-refractivity contribution is 7.84. The zero-order valence-electron chi connectivity index (χ0n) is 11.1. The molecular weight excluding hydrogens is 273 g/mol. The number of hydrogen-bond acceptors (Lipinski definition) is 1. The Balaban J connectivity index is 2.93. The number of rotatable bonds is 4. The molecule has 1 aromatic carbocycles. The molecule has 1 rings (SSSR count). The van der Waals surface area contributed by atoms with Gasteiger partial charge in [0.05, 0.1) is 15.7 Å². The van der Waals surface area contributed by atoms with E-state index in [-0.39, 0.29) is 16.6 Å². The molecule has 0 aliphatic heterocycles. The van der Waals surface area contributed by atoms with Crippen LogP contribution >= 0.6 is 11.6 Å². The van der Waals surface area contributed by atoms with Gasteiger partial charge in [0.25, 0.3) is 0 Å². The maximum atomic E-state index is 13.8. The number of nitrogens with one attached hydrogen (secondary N) is 1. The molecule has 0 aromatic heterocycles. The summed E-state index contributed by atoms with van der Waals surface area (Å²) in [5, 5.41) is 0.364. The topological polar surface area (TPSA) is 29.1 Å². The third kappa shape index (κ3) is 4.04. The molecule has 5 heteroatoms. The highest BCUT2D eigenvalue weighted by atomic mass is 35.5. The molecule has 0 spiro atoms. The molecule has 18 heavy (non-hydrogen) atoms. The van der Waals surface area contributed by atoms with Crippen LogP contribution in [0.3, 0.4) is 0 Å². The van der Waals surface area contributed by atoms with Crippen molar-refractivity contribution in [3.8, 4) is 0 Å². The SMILES string of the molecule is CCC(NS(=O)C(C)(C)C)c1ccc(Cl)cc1F. The van der Waals surface area contributed by atoms with Crippen LogP contribution in [0.1, 0.15) is 45.7 Å². The Hall–Kier alpha value is -0.450. The van der Waals surface area contributed by atoms with E-state index < -0.39 is 11.0 Å². The van der Waals surface area contributed by atoms with Crippen molar-refractivity contribution in [1.82, 2.24) is 4.72 Å². The lowest BCUT2D eigenvalue weighted by molar-refractivity contribution is 0.545. The van der Waals surface area contributed by atoms with Crippen molar-refractivity contribution in [3.63, 3.8) is 0 Å². The van der Waals surface area contributed by atoms with Crippen LogP contribution in [0.25, 0.3) is 0 Å². The van der Waals surface area contributed by atoms with Gasteiger partial charge in [0.1, 0.15) is 5.82 Å². The van der Waals surface area contributed by atoms with Gasteiger partial charge in [0.15, 0.2) is 0 Å². The van der Waals surface area contributed by atoms with Gasteiger partial charge in [-0.1, -0.05) is 24.6 Å². The second-order valence-corrected chi connectivity index (χ2v) is 7.56. The van der Waals surface area contributed by atoms with Crippen molar-refractivity contribution < 1.29 is 8.60 Å². The Morgan fingerprint density at radius 2 is 2.06 bits per heavy atom. The summed E-state index contributed by atoms with van der Waals surface area (Å²) in [6.07, 6.45) is 0.653. The van der Waals surface area contributed by atoms with Crippen LogP contribution in [0.15, 0.2) is 18.2 Å². The van der Waals surface area contributed by atoms with Gasteiger partial charge < -0.3 is 0 Å². The highest BCUT2D eigenvalue weighted by Crippen LogP contribution is 2.24. The molecule has 2 unspecified atom stereocenters. The van der Waals surface area contributed by atoms with E-state index in [1.165, 1.54) is 6.07 Å². The second kappa shape index (κ2) is 6.13. The van der Waals surface area contributed by atoms with Crippen LogP contribution in [0.4, 0.5) is 4.39 Å². The minimum absolute atomic E-state index is 0.276. The lowest BCUT2D eigenvalue weighted by atomic mass is 10.1. The third-order valence-corrected chi connectivity index (χ3v) is 4.40. The summed E-state index contributed by atoms with van der Waals surface area (Å²) in [5.74, 6) is -0.368. The summed E-state index contributed by atoms with van der Waals surface area (Å²) in [4.78, 5) is 0. The fraction of sp³-hybridized carbons (Fsp3) is 0.538. The molecule has 1 N–H and O–H groups in total. The molecule has 2 nitrogen and oxygen atoms in total. The Morgan fingerprint density at radius 1 is 1.44 bits per heavy atom. The zero-order chi connectivity index (χ0) is 13.9. The molecule has 2 atom stereocenters. The van der Waals surface area contributed by atoms with Gasteiger partial charge in [0, 0.05) is 16.6 Å². The van der Waals surface area contributed by atoms with Crippen molar-refractivity contribution in [2.75, 3.05) is 0 Å². The fourth-order valence-corrected chi connectivity index (χ4v) is 2.52. The lowest BCUT2D eigenvalue weighted by Crippen LogP contribution is -2.35. The number of halogens is 2. The largest absolute Gasteiger partial charge is 0.242 e. The maximum Gasteiger partial charge on any atom is 0.129 e. The van der Waals surface area contributed by atoms with Gasteiger partial charge in [-0.15, -0.1) is 0 Å². The van der Waals surface area contributed by atoms with Gasteiger partial charge in [-0.05, 0) is 39.3 Å². The van der Waals surface area contributed by atoms with E-state index in [0.717, 1.165) is 0 Å². The van der Waals surface area contributed by atoms with Gasteiger partial charge in [0.2, 0.25) is 0 Å².